The molecule has 0 aliphatic carbocycles. The van der Waals surface area contributed by atoms with E-state index in [4.69, 9.17) is 0 Å². The van der Waals surface area contributed by atoms with Crippen molar-refractivity contribution < 1.29 is 0 Å². The molecule has 20 heavy (non-hydrogen) atoms. The van der Waals surface area contributed by atoms with Gasteiger partial charge in [0.15, 0.2) is 0 Å². The minimum atomic E-state index is -0.945. The molecule has 2 unspecified atom stereocenters. The Morgan fingerprint density at radius 1 is 0.500 bits per heavy atom. The first kappa shape index (κ1) is 20.4. The van der Waals surface area contributed by atoms with E-state index in [0.29, 0.717) is 33.0 Å². The second-order valence-electron chi connectivity index (χ2n) is 9.84. The smallest absolute Gasteiger partial charge is 0.0681 e. The molecule has 1 aliphatic heterocycles. The summed E-state index contributed by atoms with van der Waals surface area (Å²) >= 11 is 0. The first-order valence-corrected chi connectivity index (χ1v) is 28.9. The van der Waals surface area contributed by atoms with Crippen molar-refractivity contribution in [3.63, 3.8) is 0 Å². The van der Waals surface area contributed by atoms with Gasteiger partial charge >= 0.3 is 0 Å². The van der Waals surface area contributed by atoms with Gasteiger partial charge in [0.25, 0.3) is 0 Å². The number of rotatable bonds is 3. The molecule has 0 saturated carbocycles. The van der Waals surface area contributed by atoms with Crippen molar-refractivity contribution in [3.05, 3.63) is 0 Å². The highest BCUT2D eigenvalue weighted by Crippen LogP contribution is 3.25. The van der Waals surface area contributed by atoms with Gasteiger partial charge in [-0.25, -0.2) is 0 Å². The molecule has 0 radical (unpaired) electrons. The van der Waals surface area contributed by atoms with Crippen LogP contribution in [-0.4, -0.2) is 28.4 Å². The normalized spacial score (nSPS) is 33.0. The summed E-state index contributed by atoms with van der Waals surface area (Å²) in [7, 11) is -2.45. The largest absolute Gasteiger partial charge is 0.0828 e. The molecule has 0 aromatic heterocycles. The van der Waals surface area contributed by atoms with E-state index in [-0.39, 0.29) is 0 Å². The molecule has 0 spiro atoms. The van der Waals surface area contributed by atoms with Crippen LogP contribution < -0.4 is 0 Å². The molecule has 2 atom stereocenters. The maximum atomic E-state index is 2.71. The lowest BCUT2D eigenvalue weighted by molar-refractivity contribution is 0.799. The zero-order valence-electron chi connectivity index (χ0n) is 15.8. The minimum absolute atomic E-state index is 0.371. The van der Waals surface area contributed by atoms with Crippen LogP contribution in [0.1, 0.15) is 20.8 Å². The Morgan fingerprint density at radius 2 is 0.750 bits per heavy atom. The van der Waals surface area contributed by atoms with Crippen molar-refractivity contribution >= 4 is 51.1 Å². The summed E-state index contributed by atoms with van der Waals surface area (Å²) in [4.78, 5) is 0. The van der Waals surface area contributed by atoms with Gasteiger partial charge in [-0.1, -0.05) is 100 Å². The minimum Gasteiger partial charge on any atom is -0.0681 e. The van der Waals surface area contributed by atoms with Crippen LogP contribution in [0.15, 0.2) is 0 Å². The molecule has 1 heterocycles. The monoisotopic (exact) mass is 400 g/mol. The van der Waals surface area contributed by atoms with Crippen molar-refractivity contribution in [2.45, 2.75) is 84.9 Å². The Bertz CT molecular complexity index is 280. The topological polar surface area (TPSA) is 0 Å². The van der Waals surface area contributed by atoms with Crippen LogP contribution >= 0.6 is 27.8 Å². The summed E-state index contributed by atoms with van der Waals surface area (Å²) in [5.74, 6) is 0. The van der Waals surface area contributed by atoms with E-state index in [0.717, 1.165) is 0 Å². The van der Waals surface area contributed by atoms with Crippen LogP contribution in [0.25, 0.3) is 0 Å². The molecule has 0 amide bonds. The fourth-order valence-electron chi connectivity index (χ4n) is 2.56. The average molecular weight is 401 g/mol. The zero-order valence-corrected chi connectivity index (χ0v) is 22.4. The van der Waals surface area contributed by atoms with E-state index < -0.39 is 23.2 Å². The molecule has 1 fully saturated rings. The molecule has 0 aromatic carbocycles. The van der Waals surface area contributed by atoms with E-state index in [1.165, 1.54) is 0 Å². The summed E-state index contributed by atoms with van der Waals surface area (Å²) in [5.41, 5.74) is 0. The summed E-state index contributed by atoms with van der Waals surface area (Å²) in [6.07, 6.45) is 0. The molecule has 1 rings (SSSR count). The Hall–Kier alpha value is 2.37. The van der Waals surface area contributed by atoms with Crippen LogP contribution in [0.5, 0.6) is 0 Å². The molecule has 0 N–H and O–H groups in total. The lowest BCUT2D eigenvalue weighted by atomic mass is 10.3. The van der Waals surface area contributed by atoms with E-state index in [1.807, 2.05) is 0 Å². The van der Waals surface area contributed by atoms with Gasteiger partial charge in [-0.05, 0) is 12.5 Å². The second kappa shape index (κ2) is 6.02. The SMILES string of the molecule is CC(C)(C)P1P([Si](C)(C)C)P([Si](C)(C)C)P1[Si](C)(C)C. The van der Waals surface area contributed by atoms with E-state index in [9.17, 15) is 0 Å². The highest BCUT2D eigenvalue weighted by Gasteiger charge is 2.64. The molecule has 1 aliphatic rings. The van der Waals surface area contributed by atoms with Crippen molar-refractivity contribution in [2.75, 3.05) is 0 Å². The Balaban J connectivity index is 3.33. The quantitative estimate of drug-likeness (QED) is 0.328. The van der Waals surface area contributed by atoms with Crippen LogP contribution in [0.4, 0.5) is 0 Å². The van der Waals surface area contributed by atoms with Gasteiger partial charge in [0.05, 0.1) is 23.2 Å². The average Bonchev–Trinajstić information content (AvgIpc) is 1.86. The molecule has 7 heteroatoms. The molecule has 0 nitrogen and oxygen atoms in total. The maximum absolute atomic E-state index is 2.71. The summed E-state index contributed by atoms with van der Waals surface area (Å²) in [6.45, 7) is 33.4. The number of hydrogen-bond acceptors (Lipinski definition) is 0. The highest BCUT2D eigenvalue weighted by atomic mass is 33.1. The molecule has 1 saturated heterocycles. The van der Waals surface area contributed by atoms with E-state index in [1.54, 1.807) is 0 Å². The lowest BCUT2D eigenvalue weighted by Crippen LogP contribution is -2.35. The fraction of sp³-hybridized carbons (Fsp3) is 1.00. The highest BCUT2D eigenvalue weighted by molar-refractivity contribution is 9.22. The van der Waals surface area contributed by atoms with Gasteiger partial charge in [0.1, 0.15) is 0 Å². The van der Waals surface area contributed by atoms with Crippen LogP contribution in [-0.2, 0) is 0 Å². The molecular formula is C13H36P4Si3. The van der Waals surface area contributed by atoms with Crippen molar-refractivity contribution in [2.24, 2.45) is 0 Å². The van der Waals surface area contributed by atoms with Crippen LogP contribution in [0.2, 0.25) is 58.9 Å². The van der Waals surface area contributed by atoms with Crippen LogP contribution in [0, 0.1) is 0 Å². The van der Waals surface area contributed by atoms with Gasteiger partial charge in [-0.15, -0.1) is 0 Å². The van der Waals surface area contributed by atoms with Crippen LogP contribution in [0.3, 0.4) is 0 Å². The third kappa shape index (κ3) is 4.26. The Kier molecular flexibility index (Phi) is 6.15. The van der Waals surface area contributed by atoms with Crippen molar-refractivity contribution in [1.82, 2.24) is 0 Å². The maximum Gasteiger partial charge on any atom is 0.0828 e. The zero-order chi connectivity index (χ0) is 16.3. The second-order valence-corrected chi connectivity index (χ2v) is 62.8. The summed E-state index contributed by atoms with van der Waals surface area (Å²) in [6, 6.07) is 0. The van der Waals surface area contributed by atoms with Crippen molar-refractivity contribution in [3.8, 4) is 0 Å². The molecular weight excluding hydrogens is 364 g/mol. The van der Waals surface area contributed by atoms with Gasteiger partial charge in [-0.3, -0.25) is 0 Å². The van der Waals surface area contributed by atoms with Gasteiger partial charge < -0.3 is 0 Å². The number of hydrogen-bond donors (Lipinski definition) is 0. The third-order valence-electron chi connectivity index (χ3n) is 3.12. The van der Waals surface area contributed by atoms with E-state index >= 15 is 0 Å². The summed E-state index contributed by atoms with van der Waals surface area (Å²) < 4.78 is 0. The summed E-state index contributed by atoms with van der Waals surface area (Å²) in [5, 5.41) is 0.631. The predicted octanol–water partition coefficient (Wildman–Crippen LogP) is 8.89. The predicted molar refractivity (Wildman–Crippen MR) is 117 cm³/mol. The molecule has 120 valence electrons. The fourth-order valence-corrected chi connectivity index (χ4v) is 187. The Labute approximate surface area is 135 Å². The Morgan fingerprint density at radius 3 is 0.900 bits per heavy atom. The molecule has 0 aromatic rings. The molecule has 0 bridgehead atoms. The first-order chi connectivity index (χ1) is 8.49. The standard InChI is InChI=1S/C13H36P4Si3/c1-13(2,3)14-15(18(4,5)6)17(20(10,11)12)16(14)19(7,8)9/h1-12H3. The van der Waals surface area contributed by atoms with Gasteiger partial charge in [-0.2, -0.15) is 0 Å². The van der Waals surface area contributed by atoms with Gasteiger partial charge in [0.2, 0.25) is 0 Å². The lowest BCUT2D eigenvalue weighted by Gasteiger charge is -2.68. The third-order valence-corrected chi connectivity index (χ3v) is 102. The van der Waals surface area contributed by atoms with E-state index in [2.05, 4.69) is 79.7 Å². The van der Waals surface area contributed by atoms with Crippen molar-refractivity contribution in [1.29, 1.82) is 0 Å². The van der Waals surface area contributed by atoms with Gasteiger partial charge in [0, 0.05) is 0 Å². The first-order valence-electron chi connectivity index (χ1n) is 7.69.